The molecule has 2 aliphatic heterocycles. The van der Waals surface area contributed by atoms with Gasteiger partial charge in [-0.3, -0.25) is 19.3 Å². The van der Waals surface area contributed by atoms with Crippen molar-refractivity contribution >= 4 is 23.5 Å². The third kappa shape index (κ3) is 4.47. The molecule has 0 saturated carbocycles. The number of amides is 3. The smallest absolute Gasteiger partial charge is 0.240 e. The molecule has 3 heterocycles. The molecular weight excluding hydrogens is 338 g/mol. The summed E-state index contributed by atoms with van der Waals surface area (Å²) in [4.78, 5) is 46.7. The number of nitrogens with one attached hydrogen (secondary N) is 1. The Bertz CT molecular complexity index is 686. The van der Waals surface area contributed by atoms with Gasteiger partial charge in [-0.25, -0.2) is 4.98 Å². The third-order valence-corrected chi connectivity index (χ3v) is 4.36. The number of carbonyl (C=O) groups is 3. The van der Waals surface area contributed by atoms with Crippen LogP contribution in [0.3, 0.4) is 0 Å². The summed E-state index contributed by atoms with van der Waals surface area (Å²) in [6.45, 7) is 4.06. The van der Waals surface area contributed by atoms with Gasteiger partial charge in [0.2, 0.25) is 23.6 Å². The maximum atomic E-state index is 11.8. The standard InChI is InChI=1S/C17H23N5O4/c1-12-19-13(21-7-2-3-8-21)10-15(20-12)26-9-6-18-14(23)11-22-16(24)4-5-17(22)25/h10H,2-9,11H2,1H3,(H,18,23). The van der Waals surface area contributed by atoms with Crippen molar-refractivity contribution in [1.82, 2.24) is 20.2 Å². The van der Waals surface area contributed by atoms with Crippen molar-refractivity contribution in [2.45, 2.75) is 32.6 Å². The minimum Gasteiger partial charge on any atom is -0.476 e. The molecule has 0 radical (unpaired) electrons. The highest BCUT2D eigenvalue weighted by molar-refractivity contribution is 6.04. The van der Waals surface area contributed by atoms with Crippen LogP contribution in [0.1, 0.15) is 31.5 Å². The summed E-state index contributed by atoms with van der Waals surface area (Å²) in [7, 11) is 0. The first-order valence-electron chi connectivity index (χ1n) is 8.86. The minimum absolute atomic E-state index is 0.182. The van der Waals surface area contributed by atoms with Gasteiger partial charge in [-0.1, -0.05) is 0 Å². The Balaban J connectivity index is 1.44. The van der Waals surface area contributed by atoms with Crippen LogP contribution in [0.5, 0.6) is 5.88 Å². The van der Waals surface area contributed by atoms with E-state index in [0.717, 1.165) is 36.6 Å². The Hall–Kier alpha value is -2.71. The van der Waals surface area contributed by atoms with E-state index in [1.807, 2.05) is 13.0 Å². The van der Waals surface area contributed by atoms with Crippen LogP contribution in [0.25, 0.3) is 0 Å². The molecule has 0 unspecified atom stereocenters. The highest BCUT2D eigenvalue weighted by atomic mass is 16.5. The number of carbonyl (C=O) groups excluding carboxylic acids is 3. The number of nitrogens with zero attached hydrogens (tertiary/aromatic N) is 4. The van der Waals surface area contributed by atoms with Gasteiger partial charge in [-0.05, 0) is 19.8 Å². The molecule has 9 heteroatoms. The Morgan fingerprint density at radius 1 is 1.19 bits per heavy atom. The van der Waals surface area contributed by atoms with Crippen molar-refractivity contribution in [1.29, 1.82) is 0 Å². The second-order valence-corrected chi connectivity index (χ2v) is 6.38. The molecule has 2 aliphatic rings. The fourth-order valence-corrected chi connectivity index (χ4v) is 3.05. The molecule has 0 atom stereocenters. The summed E-state index contributed by atoms with van der Waals surface area (Å²) in [6.07, 6.45) is 2.68. The van der Waals surface area contributed by atoms with Crippen molar-refractivity contribution in [3.8, 4) is 5.88 Å². The van der Waals surface area contributed by atoms with E-state index in [9.17, 15) is 14.4 Å². The van der Waals surface area contributed by atoms with Crippen LogP contribution < -0.4 is 15.0 Å². The third-order valence-electron chi connectivity index (χ3n) is 4.36. The van der Waals surface area contributed by atoms with Gasteiger partial charge in [0, 0.05) is 32.0 Å². The largest absolute Gasteiger partial charge is 0.476 e. The second kappa shape index (κ2) is 8.11. The van der Waals surface area contributed by atoms with Crippen LogP contribution in [0.4, 0.5) is 5.82 Å². The number of hydrogen-bond donors (Lipinski definition) is 1. The van der Waals surface area contributed by atoms with Crippen molar-refractivity contribution in [2.75, 3.05) is 37.7 Å². The fraction of sp³-hybridized carbons (Fsp3) is 0.588. The average Bonchev–Trinajstić information content (AvgIpc) is 3.24. The minimum atomic E-state index is -0.381. The van der Waals surface area contributed by atoms with Crippen molar-refractivity contribution < 1.29 is 19.1 Å². The van der Waals surface area contributed by atoms with Gasteiger partial charge in [-0.2, -0.15) is 4.98 Å². The predicted octanol–water partition coefficient (Wildman–Crippen LogP) is 0.0292. The molecule has 1 aromatic heterocycles. The van der Waals surface area contributed by atoms with Gasteiger partial charge in [0.05, 0.1) is 6.54 Å². The Labute approximate surface area is 151 Å². The highest BCUT2D eigenvalue weighted by Crippen LogP contribution is 2.21. The van der Waals surface area contributed by atoms with E-state index < -0.39 is 0 Å². The molecule has 0 spiro atoms. The zero-order valence-corrected chi connectivity index (χ0v) is 14.9. The zero-order valence-electron chi connectivity index (χ0n) is 14.9. The lowest BCUT2D eigenvalue weighted by molar-refractivity contribution is -0.142. The van der Waals surface area contributed by atoms with E-state index >= 15 is 0 Å². The van der Waals surface area contributed by atoms with Crippen LogP contribution in [-0.4, -0.2) is 65.4 Å². The molecule has 2 fully saturated rings. The Kier molecular flexibility index (Phi) is 5.65. The van der Waals surface area contributed by atoms with E-state index in [1.54, 1.807) is 0 Å². The molecule has 3 rings (SSSR count). The van der Waals surface area contributed by atoms with Crippen LogP contribution >= 0.6 is 0 Å². The summed E-state index contributed by atoms with van der Waals surface area (Å²) >= 11 is 0. The lowest BCUT2D eigenvalue weighted by atomic mass is 10.4. The van der Waals surface area contributed by atoms with Crippen molar-refractivity contribution in [2.24, 2.45) is 0 Å². The maximum absolute atomic E-state index is 11.8. The van der Waals surface area contributed by atoms with Gasteiger partial charge >= 0.3 is 0 Å². The van der Waals surface area contributed by atoms with E-state index in [4.69, 9.17) is 4.74 Å². The molecule has 0 aromatic carbocycles. The number of aryl methyl sites for hydroxylation is 1. The quantitative estimate of drug-likeness (QED) is 0.539. The SMILES string of the molecule is Cc1nc(OCCNC(=O)CN2C(=O)CCC2=O)cc(N2CCCC2)n1. The maximum Gasteiger partial charge on any atom is 0.240 e. The number of aromatic nitrogens is 2. The molecule has 3 amide bonds. The molecule has 1 N–H and O–H groups in total. The molecule has 9 nitrogen and oxygen atoms in total. The summed E-state index contributed by atoms with van der Waals surface area (Å²) in [6, 6.07) is 1.81. The van der Waals surface area contributed by atoms with Crippen LogP contribution in [0.15, 0.2) is 6.07 Å². The number of ether oxygens (including phenoxy) is 1. The molecular formula is C17H23N5O4. The Morgan fingerprint density at radius 2 is 1.88 bits per heavy atom. The second-order valence-electron chi connectivity index (χ2n) is 6.38. The van der Waals surface area contributed by atoms with E-state index in [-0.39, 0.29) is 50.3 Å². The van der Waals surface area contributed by atoms with E-state index in [0.29, 0.717) is 11.7 Å². The summed E-state index contributed by atoms with van der Waals surface area (Å²) in [5.41, 5.74) is 0. The first-order valence-corrected chi connectivity index (χ1v) is 8.86. The zero-order chi connectivity index (χ0) is 18.5. The van der Waals surface area contributed by atoms with Crippen molar-refractivity contribution in [3.05, 3.63) is 11.9 Å². The van der Waals surface area contributed by atoms with E-state index in [2.05, 4.69) is 20.2 Å². The summed E-state index contributed by atoms with van der Waals surface area (Å²) in [5.74, 6) is 0.992. The van der Waals surface area contributed by atoms with Gasteiger partial charge in [-0.15, -0.1) is 0 Å². The highest BCUT2D eigenvalue weighted by Gasteiger charge is 2.30. The van der Waals surface area contributed by atoms with Crippen LogP contribution in [0, 0.1) is 6.92 Å². The molecule has 1 aromatic rings. The van der Waals surface area contributed by atoms with Crippen LogP contribution in [-0.2, 0) is 14.4 Å². The average molecular weight is 361 g/mol. The number of likely N-dealkylation sites (tertiary alicyclic amines) is 1. The summed E-state index contributed by atoms with van der Waals surface area (Å²) in [5, 5.41) is 2.64. The normalized spacial score (nSPS) is 17.1. The lowest BCUT2D eigenvalue weighted by Crippen LogP contribution is -2.41. The number of anilines is 1. The van der Waals surface area contributed by atoms with Gasteiger partial charge in [0.1, 0.15) is 24.8 Å². The number of imide groups is 1. The predicted molar refractivity (Wildman–Crippen MR) is 92.7 cm³/mol. The van der Waals surface area contributed by atoms with Crippen molar-refractivity contribution in [3.63, 3.8) is 0 Å². The van der Waals surface area contributed by atoms with Gasteiger partial charge in [0.15, 0.2) is 0 Å². The van der Waals surface area contributed by atoms with E-state index in [1.165, 1.54) is 0 Å². The topological polar surface area (TPSA) is 105 Å². The van der Waals surface area contributed by atoms with Crippen LogP contribution in [0.2, 0.25) is 0 Å². The molecule has 140 valence electrons. The number of hydrogen-bond acceptors (Lipinski definition) is 7. The van der Waals surface area contributed by atoms with Gasteiger partial charge in [0.25, 0.3) is 0 Å². The Morgan fingerprint density at radius 3 is 2.58 bits per heavy atom. The van der Waals surface area contributed by atoms with Gasteiger partial charge < -0.3 is 15.0 Å². The summed E-state index contributed by atoms with van der Waals surface area (Å²) < 4.78 is 5.61. The molecule has 26 heavy (non-hydrogen) atoms. The fourth-order valence-electron chi connectivity index (χ4n) is 3.05. The lowest BCUT2D eigenvalue weighted by Gasteiger charge is -2.17. The molecule has 2 saturated heterocycles. The molecule has 0 bridgehead atoms. The molecule has 0 aliphatic carbocycles. The first-order chi connectivity index (χ1) is 12.5. The number of rotatable bonds is 7. The first kappa shape index (κ1) is 18.1. The monoisotopic (exact) mass is 361 g/mol.